The van der Waals surface area contributed by atoms with E-state index in [0.29, 0.717) is 5.56 Å². The second-order valence-corrected chi connectivity index (χ2v) is 8.63. The van der Waals surface area contributed by atoms with Crippen LogP contribution in [0.4, 0.5) is 10.8 Å². The molecule has 0 aliphatic carbocycles. The summed E-state index contributed by atoms with van der Waals surface area (Å²) in [6, 6.07) is 13.9. The minimum Gasteiger partial charge on any atom is -0.345 e. The summed E-state index contributed by atoms with van der Waals surface area (Å²) in [7, 11) is 3.52. The van der Waals surface area contributed by atoms with E-state index in [1.54, 1.807) is 30.8 Å². The predicted molar refractivity (Wildman–Crippen MR) is 113 cm³/mol. The van der Waals surface area contributed by atoms with Gasteiger partial charge in [0.15, 0.2) is 4.34 Å². The van der Waals surface area contributed by atoms with Gasteiger partial charge in [0.25, 0.3) is 5.91 Å². The Hall–Kier alpha value is -2.38. The summed E-state index contributed by atoms with van der Waals surface area (Å²) >= 11 is 3.15. The van der Waals surface area contributed by atoms with Crippen LogP contribution < -0.4 is 5.32 Å². The van der Waals surface area contributed by atoms with Crippen LogP contribution in [0.25, 0.3) is 0 Å². The van der Waals surface area contributed by atoms with Crippen molar-refractivity contribution in [1.29, 1.82) is 0 Å². The molecular weight excluding hydrogens is 376 g/mol. The van der Waals surface area contributed by atoms with Gasteiger partial charge in [-0.15, -0.1) is 10.2 Å². The summed E-state index contributed by atoms with van der Waals surface area (Å²) in [4.78, 5) is 13.7. The van der Waals surface area contributed by atoms with Crippen LogP contribution in [-0.2, 0) is 5.75 Å². The predicted octanol–water partition coefficient (Wildman–Crippen LogP) is 4.89. The molecule has 0 bridgehead atoms. The van der Waals surface area contributed by atoms with Gasteiger partial charge in [0.1, 0.15) is 0 Å². The number of benzene rings is 2. The molecule has 1 N–H and O–H groups in total. The third-order valence-corrected chi connectivity index (χ3v) is 6.24. The molecule has 0 atom stereocenters. The van der Waals surface area contributed by atoms with Gasteiger partial charge in [0.2, 0.25) is 5.13 Å². The largest absolute Gasteiger partial charge is 0.345 e. The maximum atomic E-state index is 12.1. The van der Waals surface area contributed by atoms with Crippen LogP contribution in [-0.4, -0.2) is 35.1 Å². The molecular formula is C20H22N4OS2. The second-order valence-electron chi connectivity index (χ2n) is 6.43. The number of carbonyl (C=O) groups is 1. The van der Waals surface area contributed by atoms with Crippen molar-refractivity contribution in [2.24, 2.45) is 0 Å². The van der Waals surface area contributed by atoms with Crippen molar-refractivity contribution >= 4 is 39.8 Å². The first-order chi connectivity index (χ1) is 12.9. The van der Waals surface area contributed by atoms with E-state index in [9.17, 15) is 4.79 Å². The summed E-state index contributed by atoms with van der Waals surface area (Å²) in [6.45, 7) is 4.19. The fraction of sp³-hybridized carbons (Fsp3) is 0.250. The van der Waals surface area contributed by atoms with Crippen molar-refractivity contribution in [3.05, 3.63) is 64.7 Å². The highest BCUT2D eigenvalue weighted by Gasteiger charge is 2.10. The Morgan fingerprint density at radius 3 is 2.70 bits per heavy atom. The third-order valence-electron chi connectivity index (χ3n) is 4.20. The number of rotatable bonds is 6. The van der Waals surface area contributed by atoms with Gasteiger partial charge in [-0.1, -0.05) is 47.4 Å². The molecule has 0 spiro atoms. The molecule has 140 valence electrons. The topological polar surface area (TPSA) is 58.1 Å². The van der Waals surface area contributed by atoms with E-state index < -0.39 is 0 Å². The number of carbonyl (C=O) groups excluding carboxylic acids is 1. The summed E-state index contributed by atoms with van der Waals surface area (Å²) in [5, 5.41) is 12.6. The normalized spacial score (nSPS) is 10.7. The number of hydrogen-bond acceptors (Lipinski definition) is 6. The van der Waals surface area contributed by atoms with Crippen LogP contribution in [0.1, 0.15) is 27.0 Å². The Bertz CT molecular complexity index is 953. The number of amides is 1. The molecule has 0 aliphatic rings. The number of anilines is 2. The molecule has 0 radical (unpaired) electrons. The zero-order valence-electron chi connectivity index (χ0n) is 15.8. The Morgan fingerprint density at radius 1 is 1.15 bits per heavy atom. The van der Waals surface area contributed by atoms with Crippen LogP contribution in [0, 0.1) is 13.8 Å². The fourth-order valence-corrected chi connectivity index (χ4v) is 4.22. The number of aromatic nitrogens is 2. The first-order valence-corrected chi connectivity index (χ1v) is 10.3. The van der Waals surface area contributed by atoms with Gasteiger partial charge in [-0.05, 0) is 48.7 Å². The molecule has 5 nitrogen and oxygen atoms in total. The maximum absolute atomic E-state index is 12.1. The molecule has 3 aromatic rings. The lowest BCUT2D eigenvalue weighted by Gasteiger charge is -2.10. The molecule has 0 saturated heterocycles. The van der Waals surface area contributed by atoms with E-state index in [1.165, 1.54) is 22.5 Å². The maximum Gasteiger partial charge on any atom is 0.253 e. The standard InChI is InChI=1S/C20H22N4OS2/c1-13-7-5-10-17(14(13)2)21-19-22-23-20(27-19)26-12-15-8-6-9-16(11-15)18(25)24(3)4/h5-11H,12H2,1-4H3,(H,21,22). The molecule has 0 unspecified atom stereocenters. The number of nitrogens with zero attached hydrogens (tertiary/aromatic N) is 3. The van der Waals surface area contributed by atoms with E-state index >= 15 is 0 Å². The molecule has 27 heavy (non-hydrogen) atoms. The van der Waals surface area contributed by atoms with E-state index in [2.05, 4.69) is 35.4 Å². The van der Waals surface area contributed by atoms with Gasteiger partial charge in [-0.25, -0.2) is 0 Å². The van der Waals surface area contributed by atoms with Crippen LogP contribution in [0.5, 0.6) is 0 Å². The Morgan fingerprint density at radius 2 is 1.93 bits per heavy atom. The number of hydrogen-bond donors (Lipinski definition) is 1. The van der Waals surface area contributed by atoms with Gasteiger partial charge in [-0.2, -0.15) is 0 Å². The van der Waals surface area contributed by atoms with Gasteiger partial charge in [0.05, 0.1) is 0 Å². The summed E-state index contributed by atoms with van der Waals surface area (Å²) in [5.41, 5.74) is 5.30. The van der Waals surface area contributed by atoms with Gasteiger partial charge in [-0.3, -0.25) is 4.79 Å². The summed E-state index contributed by atoms with van der Waals surface area (Å²) in [6.07, 6.45) is 0. The monoisotopic (exact) mass is 398 g/mol. The molecule has 0 fully saturated rings. The average molecular weight is 399 g/mol. The van der Waals surface area contributed by atoms with E-state index in [0.717, 1.165) is 26.5 Å². The summed E-state index contributed by atoms with van der Waals surface area (Å²) in [5.74, 6) is 0.755. The van der Waals surface area contributed by atoms with Crippen molar-refractivity contribution in [2.75, 3.05) is 19.4 Å². The molecule has 3 rings (SSSR count). The fourth-order valence-electron chi connectivity index (χ4n) is 2.52. The highest BCUT2D eigenvalue weighted by Crippen LogP contribution is 2.31. The van der Waals surface area contributed by atoms with Crippen molar-refractivity contribution in [1.82, 2.24) is 15.1 Å². The smallest absolute Gasteiger partial charge is 0.253 e. The average Bonchev–Trinajstić information content (AvgIpc) is 3.11. The second kappa shape index (κ2) is 8.54. The van der Waals surface area contributed by atoms with Gasteiger partial charge >= 0.3 is 0 Å². The molecule has 1 aromatic heterocycles. The first-order valence-electron chi connectivity index (χ1n) is 8.54. The molecule has 7 heteroatoms. The molecule has 1 heterocycles. The molecule has 2 aromatic carbocycles. The van der Waals surface area contributed by atoms with Crippen molar-refractivity contribution in [3.63, 3.8) is 0 Å². The Labute approximate surface area is 167 Å². The zero-order chi connectivity index (χ0) is 19.4. The minimum absolute atomic E-state index is 0.0118. The lowest BCUT2D eigenvalue weighted by molar-refractivity contribution is 0.0827. The molecule has 0 aliphatic heterocycles. The van der Waals surface area contributed by atoms with Gasteiger partial charge < -0.3 is 10.2 Å². The first kappa shape index (κ1) is 19.4. The van der Waals surface area contributed by atoms with Crippen LogP contribution in [0.15, 0.2) is 46.8 Å². The van der Waals surface area contributed by atoms with Crippen LogP contribution in [0.3, 0.4) is 0 Å². The number of thioether (sulfide) groups is 1. The highest BCUT2D eigenvalue weighted by molar-refractivity contribution is 8.00. The lowest BCUT2D eigenvalue weighted by atomic mass is 10.1. The molecule has 0 saturated carbocycles. The van der Waals surface area contributed by atoms with Crippen molar-refractivity contribution < 1.29 is 4.79 Å². The third kappa shape index (κ3) is 4.87. The van der Waals surface area contributed by atoms with Crippen LogP contribution >= 0.6 is 23.1 Å². The van der Waals surface area contributed by atoms with E-state index in [1.807, 2.05) is 36.4 Å². The summed E-state index contributed by atoms with van der Waals surface area (Å²) < 4.78 is 0.896. The lowest BCUT2D eigenvalue weighted by Crippen LogP contribution is -2.21. The highest BCUT2D eigenvalue weighted by atomic mass is 32.2. The Balaban J connectivity index is 1.64. The minimum atomic E-state index is 0.0118. The quantitative estimate of drug-likeness (QED) is 0.599. The van der Waals surface area contributed by atoms with Crippen molar-refractivity contribution in [3.8, 4) is 0 Å². The van der Waals surface area contributed by atoms with Crippen molar-refractivity contribution in [2.45, 2.75) is 23.9 Å². The van der Waals surface area contributed by atoms with E-state index in [-0.39, 0.29) is 5.91 Å². The Kier molecular flexibility index (Phi) is 6.13. The zero-order valence-corrected chi connectivity index (χ0v) is 17.4. The number of aryl methyl sites for hydroxylation is 1. The SMILES string of the molecule is Cc1cccc(Nc2nnc(SCc3cccc(C(=O)N(C)C)c3)s2)c1C. The van der Waals surface area contributed by atoms with Crippen LogP contribution in [0.2, 0.25) is 0 Å². The van der Waals surface area contributed by atoms with Gasteiger partial charge in [0, 0.05) is 31.1 Å². The number of nitrogens with one attached hydrogen (secondary N) is 1. The van der Waals surface area contributed by atoms with E-state index in [4.69, 9.17) is 0 Å². The molecule has 1 amide bonds.